The summed E-state index contributed by atoms with van der Waals surface area (Å²) in [5, 5.41) is 0. The SMILES string of the molecule is CCCCCCCCCCCCCCCCCCCCCCCCCCCc1cccc(C2=C(CCCC)C(CCCC)=C(c3cccc(CCCCCCCCCCCCCCCCCCCCCCCCCCC)c3)[N+]2=[N-])c1.c1ccc([CH2][Pd][CH2]c2ccccc2)cc1. The summed E-state index contributed by atoms with van der Waals surface area (Å²) in [5.74, 6) is 0. The van der Waals surface area contributed by atoms with Gasteiger partial charge in [-0.05, 0) is 86.8 Å². The van der Waals surface area contributed by atoms with Gasteiger partial charge in [0.25, 0.3) is 0 Å². The third-order valence-corrected chi connectivity index (χ3v) is 22.6. The minimum atomic E-state index is 0.793. The second-order valence-corrected chi connectivity index (χ2v) is 31.3. The van der Waals surface area contributed by atoms with Crippen LogP contribution in [0, 0.1) is 0 Å². The molecular formula is C92H150N2Pd. The zero-order valence-electron chi connectivity index (χ0n) is 63.0. The molecule has 0 fully saturated rings. The van der Waals surface area contributed by atoms with Gasteiger partial charge in [0.1, 0.15) is 0 Å². The fourth-order valence-corrected chi connectivity index (χ4v) is 16.3. The first-order valence-electron chi connectivity index (χ1n) is 41.8. The number of allylic oxidation sites excluding steroid dienone is 2. The summed E-state index contributed by atoms with van der Waals surface area (Å²) in [5.41, 5.74) is 25.3. The maximum atomic E-state index is 12.3. The Hall–Kier alpha value is -3.38. The molecule has 0 aromatic heterocycles. The number of nitrogens with zero attached hydrogens (tertiary/aromatic N) is 2. The van der Waals surface area contributed by atoms with E-state index in [1.165, 1.54) is 375 Å². The molecule has 1 heterocycles. The summed E-state index contributed by atoms with van der Waals surface area (Å²) in [6.07, 6.45) is 80.6. The van der Waals surface area contributed by atoms with Crippen LogP contribution in [0.25, 0.3) is 16.9 Å². The number of rotatable bonds is 64. The van der Waals surface area contributed by atoms with Crippen molar-refractivity contribution in [2.45, 2.75) is 410 Å². The van der Waals surface area contributed by atoms with Crippen LogP contribution in [0.1, 0.15) is 421 Å². The van der Waals surface area contributed by atoms with Gasteiger partial charge >= 0.3 is 99.6 Å². The average molecular weight is 1390 g/mol. The van der Waals surface area contributed by atoms with Gasteiger partial charge in [-0.25, -0.2) is 4.70 Å². The summed E-state index contributed by atoms with van der Waals surface area (Å²) in [4.78, 5) is 2.45. The molecule has 0 radical (unpaired) electrons. The van der Waals surface area contributed by atoms with E-state index in [0.717, 1.165) is 80.7 Å². The van der Waals surface area contributed by atoms with Crippen LogP contribution in [0.5, 0.6) is 0 Å². The van der Waals surface area contributed by atoms with Crippen molar-refractivity contribution in [2.24, 2.45) is 0 Å². The molecule has 3 heteroatoms. The molecule has 0 bridgehead atoms. The Kier molecular flexibility index (Phi) is 54.6. The molecule has 0 unspecified atom stereocenters. The third-order valence-electron chi connectivity index (χ3n) is 20.6. The topological polar surface area (TPSA) is 25.3 Å². The molecular weight excluding hydrogens is 1240 g/mol. The van der Waals surface area contributed by atoms with Crippen molar-refractivity contribution in [3.63, 3.8) is 0 Å². The summed E-state index contributed by atoms with van der Waals surface area (Å²) in [6, 6.07) is 39.9. The minimum absolute atomic E-state index is 0.793. The van der Waals surface area contributed by atoms with Crippen LogP contribution in [-0.4, -0.2) is 4.70 Å². The number of aryl methyl sites for hydroxylation is 2. The van der Waals surface area contributed by atoms with Crippen molar-refractivity contribution in [1.82, 2.24) is 0 Å². The predicted octanol–water partition coefficient (Wildman–Crippen LogP) is 31.3. The standard InChI is InChI=1S/C78H136N2.2C7H7.Pd/c1-5-9-13-15-17-19-21-23-25-27-29-31-33-35-37-39-41-43-45-47-49-51-53-55-57-61-71-63-59-65-73(69-71)77-75(67-11-7-3)76(68-12-8-4)78(80(77)79)74-66-60-64-72(70-74)62-58-56-54-52-50-48-46-44-42-40-38-36-34-32-30-28-26-24-22-20-18-16-14-10-6-2;2*1-7-5-3-2-4-6-7;/h59-60,63-66,69-70H,5-58,61-62,67-68H2,1-4H3;2*2-6H,1H2;. The number of benzene rings is 4. The van der Waals surface area contributed by atoms with Crippen LogP contribution >= 0.6 is 0 Å². The second-order valence-electron chi connectivity index (χ2n) is 29.4. The van der Waals surface area contributed by atoms with Gasteiger partial charge in [-0.15, -0.1) is 0 Å². The van der Waals surface area contributed by atoms with Gasteiger partial charge in [0.15, 0.2) is 0 Å². The monoisotopic (exact) mass is 1390 g/mol. The molecule has 5 rings (SSSR count). The first-order chi connectivity index (χ1) is 47.1. The Bertz CT molecular complexity index is 2260. The molecule has 0 atom stereocenters. The molecule has 4 aromatic carbocycles. The molecule has 0 amide bonds. The van der Waals surface area contributed by atoms with Gasteiger partial charge in [-0.2, -0.15) is 0 Å². The molecule has 0 N–H and O–H groups in total. The Morgan fingerprint density at radius 1 is 0.232 bits per heavy atom. The number of hydrogen-bond donors (Lipinski definition) is 0. The quantitative estimate of drug-likeness (QED) is 0.0239. The Morgan fingerprint density at radius 2 is 0.453 bits per heavy atom. The zero-order chi connectivity index (χ0) is 67.2. The van der Waals surface area contributed by atoms with E-state index in [2.05, 4.69) is 137 Å². The molecule has 0 saturated heterocycles. The number of hydrogen-bond acceptors (Lipinski definition) is 0. The van der Waals surface area contributed by atoms with E-state index < -0.39 is 0 Å². The van der Waals surface area contributed by atoms with Crippen molar-refractivity contribution in [2.75, 3.05) is 0 Å². The molecule has 1 aliphatic heterocycles. The van der Waals surface area contributed by atoms with Crippen LogP contribution in [0.2, 0.25) is 0 Å². The zero-order valence-corrected chi connectivity index (χ0v) is 64.6. The molecule has 0 aliphatic carbocycles. The Morgan fingerprint density at radius 3 is 0.695 bits per heavy atom. The molecule has 538 valence electrons. The van der Waals surface area contributed by atoms with E-state index >= 15 is 0 Å². The Labute approximate surface area is 599 Å². The predicted molar refractivity (Wildman–Crippen MR) is 419 cm³/mol. The van der Waals surface area contributed by atoms with E-state index in [1.807, 2.05) is 0 Å². The average Bonchev–Trinajstić information content (AvgIpc) is 1.61. The molecule has 95 heavy (non-hydrogen) atoms. The van der Waals surface area contributed by atoms with Gasteiger partial charge in [0, 0.05) is 22.3 Å². The summed E-state index contributed by atoms with van der Waals surface area (Å²) in [7, 11) is 0. The van der Waals surface area contributed by atoms with Crippen LogP contribution in [-0.2, 0) is 40.6 Å². The maximum absolute atomic E-state index is 12.3. The Balaban J connectivity index is 0.00000111. The molecule has 4 aromatic rings. The number of unbranched alkanes of at least 4 members (excludes halogenated alkanes) is 50. The summed E-state index contributed by atoms with van der Waals surface area (Å²) < 4.78 is 1.62. The van der Waals surface area contributed by atoms with Crippen LogP contribution in [0.15, 0.2) is 120 Å². The first kappa shape index (κ1) is 84.0. The summed E-state index contributed by atoms with van der Waals surface area (Å²) >= 11 is 0.793. The first-order valence-corrected chi connectivity index (χ1v) is 44.0. The molecule has 1 aliphatic rings. The van der Waals surface area contributed by atoms with E-state index in [4.69, 9.17) is 0 Å². The van der Waals surface area contributed by atoms with Gasteiger partial charge in [0.05, 0.1) is 0 Å². The van der Waals surface area contributed by atoms with Gasteiger partial charge < -0.3 is 5.53 Å². The van der Waals surface area contributed by atoms with E-state index in [-0.39, 0.29) is 0 Å². The van der Waals surface area contributed by atoms with Crippen LogP contribution < -0.4 is 0 Å². The van der Waals surface area contributed by atoms with E-state index in [9.17, 15) is 5.53 Å². The van der Waals surface area contributed by atoms with E-state index in [0.29, 0.717) is 0 Å². The van der Waals surface area contributed by atoms with Gasteiger partial charge in [0.2, 0.25) is 11.4 Å². The summed E-state index contributed by atoms with van der Waals surface area (Å²) in [6.45, 7) is 9.23. The third kappa shape index (κ3) is 43.0. The van der Waals surface area contributed by atoms with E-state index in [1.54, 1.807) is 4.70 Å². The van der Waals surface area contributed by atoms with Crippen molar-refractivity contribution in [3.05, 3.63) is 159 Å². The molecule has 0 saturated carbocycles. The normalized spacial score (nSPS) is 12.4. The van der Waals surface area contributed by atoms with Crippen molar-refractivity contribution >= 4 is 11.4 Å². The fourth-order valence-electron chi connectivity index (χ4n) is 14.5. The fraction of sp³-hybridized carbons (Fsp3) is 0.696. The van der Waals surface area contributed by atoms with Crippen molar-refractivity contribution < 1.29 is 22.7 Å². The van der Waals surface area contributed by atoms with Crippen LogP contribution in [0.4, 0.5) is 0 Å². The molecule has 0 spiro atoms. The second kappa shape index (κ2) is 61.7. The van der Waals surface area contributed by atoms with Crippen LogP contribution in [0.3, 0.4) is 0 Å². The molecule has 2 nitrogen and oxygen atoms in total. The van der Waals surface area contributed by atoms with Crippen molar-refractivity contribution in [3.8, 4) is 0 Å². The van der Waals surface area contributed by atoms with Crippen molar-refractivity contribution in [1.29, 1.82) is 0 Å². The van der Waals surface area contributed by atoms with Gasteiger partial charge in [-0.1, -0.05) is 373 Å². The van der Waals surface area contributed by atoms with Gasteiger partial charge in [-0.3, -0.25) is 0 Å².